The van der Waals surface area contributed by atoms with Crippen molar-refractivity contribution in [1.82, 2.24) is 5.32 Å². The zero-order valence-corrected chi connectivity index (χ0v) is 11.3. The van der Waals surface area contributed by atoms with Gasteiger partial charge in [-0.2, -0.15) is 0 Å². The molecule has 0 radical (unpaired) electrons. The topological polar surface area (TPSA) is 32.3 Å². The molecule has 0 fully saturated rings. The van der Waals surface area contributed by atoms with Crippen molar-refractivity contribution < 1.29 is 18.3 Å². The molecular weight excluding hydrogens is 279 g/mol. The van der Waals surface area contributed by atoms with Crippen LogP contribution in [0.3, 0.4) is 0 Å². The molecule has 0 aliphatic rings. The minimum absolute atomic E-state index is 0.0670. The van der Waals surface area contributed by atoms with Gasteiger partial charge in [-0.3, -0.25) is 0 Å². The van der Waals surface area contributed by atoms with Crippen molar-refractivity contribution in [3.63, 3.8) is 0 Å². The number of halogens is 3. The van der Waals surface area contributed by atoms with E-state index in [9.17, 15) is 18.3 Å². The van der Waals surface area contributed by atoms with Gasteiger partial charge in [-0.1, -0.05) is 18.2 Å². The first kappa shape index (κ1) is 15.5. The lowest BCUT2D eigenvalue weighted by Crippen LogP contribution is -2.18. The third kappa shape index (κ3) is 4.31. The number of hydrogen-bond acceptors (Lipinski definition) is 2. The minimum Gasteiger partial charge on any atom is -0.388 e. The summed E-state index contributed by atoms with van der Waals surface area (Å²) in [5.74, 6) is -1.54. The van der Waals surface area contributed by atoms with Gasteiger partial charge < -0.3 is 10.4 Å². The summed E-state index contributed by atoms with van der Waals surface area (Å²) >= 11 is 0. The van der Waals surface area contributed by atoms with E-state index >= 15 is 0 Å². The summed E-state index contributed by atoms with van der Waals surface area (Å²) in [4.78, 5) is 0. The van der Waals surface area contributed by atoms with Gasteiger partial charge in [0, 0.05) is 17.7 Å². The Hall–Kier alpha value is -1.85. The third-order valence-corrected chi connectivity index (χ3v) is 3.18. The van der Waals surface area contributed by atoms with Crippen LogP contribution in [-0.2, 0) is 6.54 Å². The normalized spacial score (nSPS) is 12.4. The molecule has 2 rings (SSSR count). The predicted octanol–water partition coefficient (Wildman–Crippen LogP) is 3.32. The van der Waals surface area contributed by atoms with E-state index in [4.69, 9.17) is 0 Å². The van der Waals surface area contributed by atoms with E-state index in [1.807, 2.05) is 0 Å². The molecule has 0 aliphatic carbocycles. The highest BCUT2D eigenvalue weighted by Gasteiger charge is 2.13. The number of hydrogen-bond donors (Lipinski definition) is 2. The quantitative estimate of drug-likeness (QED) is 0.801. The Balaban J connectivity index is 1.83. The lowest BCUT2D eigenvalue weighted by molar-refractivity contribution is 0.161. The molecule has 0 amide bonds. The first-order valence-electron chi connectivity index (χ1n) is 6.65. The van der Waals surface area contributed by atoms with Crippen molar-refractivity contribution in [2.75, 3.05) is 6.54 Å². The van der Waals surface area contributed by atoms with Gasteiger partial charge in [-0.15, -0.1) is 0 Å². The summed E-state index contributed by atoms with van der Waals surface area (Å²) in [6, 6.07) is 9.34. The Morgan fingerprint density at radius 1 is 1.00 bits per heavy atom. The molecule has 2 N–H and O–H groups in total. The molecule has 21 heavy (non-hydrogen) atoms. The number of nitrogens with one attached hydrogen (secondary N) is 1. The van der Waals surface area contributed by atoms with Gasteiger partial charge in [0.15, 0.2) is 0 Å². The van der Waals surface area contributed by atoms with Gasteiger partial charge in [0.1, 0.15) is 17.5 Å². The zero-order valence-electron chi connectivity index (χ0n) is 11.3. The molecule has 0 aliphatic heterocycles. The zero-order chi connectivity index (χ0) is 15.2. The second-order valence-electron chi connectivity index (χ2n) is 4.74. The van der Waals surface area contributed by atoms with E-state index in [1.54, 1.807) is 18.2 Å². The maximum atomic E-state index is 13.5. The molecule has 0 bridgehead atoms. The summed E-state index contributed by atoms with van der Waals surface area (Å²) < 4.78 is 39.8. The highest BCUT2D eigenvalue weighted by molar-refractivity contribution is 5.21. The van der Waals surface area contributed by atoms with Crippen LogP contribution in [-0.4, -0.2) is 11.7 Å². The van der Waals surface area contributed by atoms with Gasteiger partial charge in [-0.05, 0) is 37.2 Å². The summed E-state index contributed by atoms with van der Waals surface area (Å²) in [6.07, 6.45) is -0.900. The summed E-state index contributed by atoms with van der Waals surface area (Å²) in [6.45, 7) is 0.663. The van der Waals surface area contributed by atoms with Crippen molar-refractivity contribution in [3.05, 3.63) is 71.0 Å². The molecule has 1 atom stereocenters. The van der Waals surface area contributed by atoms with Crippen molar-refractivity contribution in [2.24, 2.45) is 0 Å². The smallest absolute Gasteiger partial charge is 0.129 e. The molecule has 1 unspecified atom stereocenters. The first-order chi connectivity index (χ1) is 10.1. The molecular formula is C16H16F3NO. The van der Waals surface area contributed by atoms with Crippen LogP contribution in [0.4, 0.5) is 13.2 Å². The van der Waals surface area contributed by atoms with Gasteiger partial charge in [-0.25, -0.2) is 13.2 Å². The monoisotopic (exact) mass is 295 g/mol. The maximum Gasteiger partial charge on any atom is 0.129 e. The second-order valence-corrected chi connectivity index (χ2v) is 4.74. The minimum atomic E-state index is -1.10. The molecule has 0 spiro atoms. The number of rotatable bonds is 6. The molecule has 0 saturated heterocycles. The Bertz CT molecular complexity index is 604. The van der Waals surface area contributed by atoms with Crippen LogP contribution in [0.2, 0.25) is 0 Å². The van der Waals surface area contributed by atoms with Crippen molar-refractivity contribution in [3.8, 4) is 0 Å². The molecule has 0 saturated carbocycles. The van der Waals surface area contributed by atoms with E-state index in [2.05, 4.69) is 5.32 Å². The highest BCUT2D eigenvalue weighted by Crippen LogP contribution is 2.20. The SMILES string of the molecule is OC(CCNCc1ccccc1F)c1cc(F)ccc1F. The Morgan fingerprint density at radius 2 is 1.76 bits per heavy atom. The van der Waals surface area contributed by atoms with Gasteiger partial charge in [0.05, 0.1) is 6.10 Å². The molecule has 2 nitrogen and oxygen atoms in total. The average Bonchev–Trinajstić information content (AvgIpc) is 2.47. The van der Waals surface area contributed by atoms with Crippen molar-refractivity contribution in [1.29, 1.82) is 0 Å². The number of aliphatic hydroxyl groups is 1. The highest BCUT2D eigenvalue weighted by atomic mass is 19.1. The van der Waals surface area contributed by atoms with E-state index < -0.39 is 17.7 Å². The first-order valence-corrected chi connectivity index (χ1v) is 6.65. The van der Waals surface area contributed by atoms with Crippen molar-refractivity contribution >= 4 is 0 Å². The van der Waals surface area contributed by atoms with Crippen LogP contribution in [0.25, 0.3) is 0 Å². The van der Waals surface area contributed by atoms with E-state index in [-0.39, 0.29) is 17.8 Å². The molecule has 112 valence electrons. The van der Waals surface area contributed by atoms with E-state index in [0.717, 1.165) is 18.2 Å². The molecule has 2 aromatic rings. The lowest BCUT2D eigenvalue weighted by atomic mass is 10.1. The van der Waals surface area contributed by atoms with Crippen LogP contribution in [0.1, 0.15) is 23.7 Å². The maximum absolute atomic E-state index is 13.5. The fourth-order valence-electron chi connectivity index (χ4n) is 2.03. The van der Waals surface area contributed by atoms with Gasteiger partial charge >= 0.3 is 0 Å². The average molecular weight is 295 g/mol. The largest absolute Gasteiger partial charge is 0.388 e. The Labute approximate surface area is 121 Å². The predicted molar refractivity (Wildman–Crippen MR) is 74.0 cm³/mol. The number of benzene rings is 2. The molecule has 2 aromatic carbocycles. The second kappa shape index (κ2) is 7.24. The van der Waals surface area contributed by atoms with Gasteiger partial charge in [0.25, 0.3) is 0 Å². The van der Waals surface area contributed by atoms with Crippen LogP contribution < -0.4 is 5.32 Å². The van der Waals surface area contributed by atoms with E-state index in [1.165, 1.54) is 6.07 Å². The van der Waals surface area contributed by atoms with Crippen LogP contribution >= 0.6 is 0 Å². The number of aliphatic hydroxyl groups excluding tert-OH is 1. The summed E-state index contributed by atoms with van der Waals surface area (Å²) in [7, 11) is 0. The lowest BCUT2D eigenvalue weighted by Gasteiger charge is -2.13. The summed E-state index contributed by atoms with van der Waals surface area (Å²) in [5.41, 5.74) is 0.451. The Kier molecular flexibility index (Phi) is 5.36. The van der Waals surface area contributed by atoms with Crippen LogP contribution in [0, 0.1) is 17.5 Å². The Morgan fingerprint density at radius 3 is 2.52 bits per heavy atom. The fourth-order valence-corrected chi connectivity index (χ4v) is 2.03. The van der Waals surface area contributed by atoms with E-state index in [0.29, 0.717) is 18.7 Å². The van der Waals surface area contributed by atoms with Crippen molar-refractivity contribution in [2.45, 2.75) is 19.1 Å². The third-order valence-electron chi connectivity index (χ3n) is 3.18. The summed E-state index contributed by atoms with van der Waals surface area (Å²) in [5, 5.41) is 12.8. The van der Waals surface area contributed by atoms with Crippen LogP contribution in [0.15, 0.2) is 42.5 Å². The molecule has 5 heteroatoms. The standard InChI is InChI=1S/C16H16F3NO/c17-12-5-6-15(19)13(9-12)16(21)7-8-20-10-11-3-1-2-4-14(11)18/h1-6,9,16,20-21H,7-8,10H2. The van der Waals surface area contributed by atoms with Gasteiger partial charge in [0.2, 0.25) is 0 Å². The fraction of sp³-hybridized carbons (Fsp3) is 0.250. The van der Waals surface area contributed by atoms with Crippen LogP contribution in [0.5, 0.6) is 0 Å². The molecule has 0 aromatic heterocycles. The molecule has 0 heterocycles.